The molecule has 2 N–H and O–H groups in total. The SMILES string of the molecule is O=C(CNC(=O)c1ccccc1F)Nc1ccc(F)c([N+](=O)[O-])c1. The number of amides is 2. The van der Waals surface area contributed by atoms with Gasteiger partial charge in [-0.15, -0.1) is 0 Å². The second-order valence-electron chi connectivity index (χ2n) is 4.63. The van der Waals surface area contributed by atoms with E-state index < -0.39 is 40.6 Å². The first-order valence-electron chi connectivity index (χ1n) is 6.65. The maximum absolute atomic E-state index is 13.4. The van der Waals surface area contributed by atoms with Gasteiger partial charge in [-0.1, -0.05) is 12.1 Å². The van der Waals surface area contributed by atoms with Crippen LogP contribution in [0.5, 0.6) is 0 Å². The molecule has 9 heteroatoms. The molecule has 24 heavy (non-hydrogen) atoms. The number of nitrogens with zero attached hydrogens (tertiary/aromatic N) is 1. The highest BCUT2D eigenvalue weighted by Gasteiger charge is 2.16. The van der Waals surface area contributed by atoms with Crippen molar-refractivity contribution < 1.29 is 23.3 Å². The number of nitrogens with one attached hydrogen (secondary N) is 2. The predicted molar refractivity (Wildman–Crippen MR) is 80.4 cm³/mol. The van der Waals surface area contributed by atoms with Gasteiger partial charge in [0.15, 0.2) is 0 Å². The van der Waals surface area contributed by atoms with Crippen LogP contribution < -0.4 is 10.6 Å². The van der Waals surface area contributed by atoms with Crippen LogP contribution in [0.4, 0.5) is 20.2 Å². The molecule has 0 radical (unpaired) electrons. The van der Waals surface area contributed by atoms with E-state index in [9.17, 15) is 28.5 Å². The van der Waals surface area contributed by atoms with E-state index in [1.165, 1.54) is 18.2 Å². The van der Waals surface area contributed by atoms with Crippen LogP contribution in [0.2, 0.25) is 0 Å². The molecular weight excluding hydrogens is 324 g/mol. The number of benzene rings is 2. The Balaban J connectivity index is 1.97. The molecule has 0 heterocycles. The number of anilines is 1. The van der Waals surface area contributed by atoms with E-state index in [2.05, 4.69) is 10.6 Å². The van der Waals surface area contributed by atoms with Crippen molar-refractivity contribution in [2.24, 2.45) is 0 Å². The fourth-order valence-electron chi connectivity index (χ4n) is 1.84. The van der Waals surface area contributed by atoms with Gasteiger partial charge in [0.1, 0.15) is 5.82 Å². The molecule has 0 bridgehead atoms. The average Bonchev–Trinajstić information content (AvgIpc) is 2.54. The highest BCUT2D eigenvalue weighted by Crippen LogP contribution is 2.21. The average molecular weight is 335 g/mol. The number of carbonyl (C=O) groups excluding carboxylic acids is 2. The molecule has 2 rings (SSSR count). The van der Waals surface area contributed by atoms with Gasteiger partial charge in [-0.05, 0) is 24.3 Å². The van der Waals surface area contributed by atoms with Crippen LogP contribution in [0.3, 0.4) is 0 Å². The summed E-state index contributed by atoms with van der Waals surface area (Å²) in [6, 6.07) is 8.07. The Morgan fingerprint density at radius 1 is 1.08 bits per heavy atom. The quantitative estimate of drug-likeness (QED) is 0.646. The minimum atomic E-state index is -1.04. The molecule has 2 amide bonds. The molecule has 0 aliphatic rings. The van der Waals surface area contributed by atoms with Gasteiger partial charge in [-0.3, -0.25) is 19.7 Å². The number of rotatable bonds is 5. The first kappa shape index (κ1) is 17.0. The zero-order chi connectivity index (χ0) is 17.7. The molecule has 0 aliphatic carbocycles. The van der Waals surface area contributed by atoms with Crippen LogP contribution in [0.1, 0.15) is 10.4 Å². The Hall–Kier alpha value is -3.36. The largest absolute Gasteiger partial charge is 0.343 e. The van der Waals surface area contributed by atoms with Crippen molar-refractivity contribution in [2.45, 2.75) is 0 Å². The van der Waals surface area contributed by atoms with E-state index in [-0.39, 0.29) is 11.3 Å². The molecule has 2 aromatic rings. The number of carbonyl (C=O) groups is 2. The molecule has 7 nitrogen and oxygen atoms in total. The Kier molecular flexibility index (Phi) is 5.15. The topological polar surface area (TPSA) is 101 Å². The first-order valence-corrected chi connectivity index (χ1v) is 6.65. The zero-order valence-corrected chi connectivity index (χ0v) is 12.1. The van der Waals surface area contributed by atoms with Crippen LogP contribution in [0, 0.1) is 21.7 Å². The fraction of sp³-hybridized carbons (Fsp3) is 0.0667. The molecule has 0 fully saturated rings. The van der Waals surface area contributed by atoms with E-state index in [1.54, 1.807) is 0 Å². The summed E-state index contributed by atoms with van der Waals surface area (Å²) >= 11 is 0. The Morgan fingerprint density at radius 3 is 2.46 bits per heavy atom. The molecule has 0 aliphatic heterocycles. The number of nitro groups is 1. The van der Waals surface area contributed by atoms with Gasteiger partial charge in [0.2, 0.25) is 11.7 Å². The zero-order valence-electron chi connectivity index (χ0n) is 12.1. The maximum atomic E-state index is 13.4. The number of hydrogen-bond acceptors (Lipinski definition) is 4. The van der Waals surface area contributed by atoms with Crippen LogP contribution in [0.15, 0.2) is 42.5 Å². The highest BCUT2D eigenvalue weighted by atomic mass is 19.1. The highest BCUT2D eigenvalue weighted by molar-refractivity contribution is 5.99. The Bertz CT molecular complexity index is 811. The molecule has 0 aromatic heterocycles. The molecule has 0 spiro atoms. The van der Waals surface area contributed by atoms with Crippen molar-refractivity contribution in [3.8, 4) is 0 Å². The second kappa shape index (κ2) is 7.27. The third-order valence-electron chi connectivity index (χ3n) is 2.95. The summed E-state index contributed by atoms with van der Waals surface area (Å²) in [6.07, 6.45) is 0. The van der Waals surface area contributed by atoms with Gasteiger partial charge in [-0.2, -0.15) is 4.39 Å². The van der Waals surface area contributed by atoms with Crippen molar-refractivity contribution in [3.63, 3.8) is 0 Å². The summed E-state index contributed by atoms with van der Waals surface area (Å²) in [4.78, 5) is 33.2. The lowest BCUT2D eigenvalue weighted by Crippen LogP contribution is -2.33. The van der Waals surface area contributed by atoms with Gasteiger partial charge in [0, 0.05) is 11.8 Å². The lowest BCUT2D eigenvalue weighted by atomic mass is 10.2. The summed E-state index contributed by atoms with van der Waals surface area (Å²) in [6.45, 7) is -0.488. The smallest absolute Gasteiger partial charge is 0.306 e. The van der Waals surface area contributed by atoms with Gasteiger partial charge in [0.25, 0.3) is 5.91 Å². The summed E-state index contributed by atoms with van der Waals surface area (Å²) in [7, 11) is 0. The molecule has 124 valence electrons. The molecule has 0 atom stereocenters. The normalized spacial score (nSPS) is 10.1. The van der Waals surface area contributed by atoms with E-state index in [4.69, 9.17) is 0 Å². The first-order chi connectivity index (χ1) is 11.4. The summed E-state index contributed by atoms with van der Waals surface area (Å²) in [5.41, 5.74) is -1.01. The van der Waals surface area contributed by atoms with Crippen molar-refractivity contribution in [1.82, 2.24) is 5.32 Å². The van der Waals surface area contributed by atoms with Crippen molar-refractivity contribution in [1.29, 1.82) is 0 Å². The van der Waals surface area contributed by atoms with E-state index >= 15 is 0 Å². The van der Waals surface area contributed by atoms with E-state index in [0.717, 1.165) is 24.3 Å². The predicted octanol–water partition coefficient (Wildman–Crippen LogP) is 2.24. The summed E-state index contributed by atoms with van der Waals surface area (Å²) in [5.74, 6) is -3.26. The fourth-order valence-corrected chi connectivity index (χ4v) is 1.84. The molecule has 0 saturated carbocycles. The molecule has 0 saturated heterocycles. The number of halogens is 2. The lowest BCUT2D eigenvalue weighted by molar-refractivity contribution is -0.387. The van der Waals surface area contributed by atoms with Crippen LogP contribution in [-0.2, 0) is 4.79 Å². The monoisotopic (exact) mass is 335 g/mol. The van der Waals surface area contributed by atoms with Crippen molar-refractivity contribution in [2.75, 3.05) is 11.9 Å². The minimum Gasteiger partial charge on any atom is -0.343 e. The molecule has 2 aromatic carbocycles. The number of nitro benzene ring substituents is 1. The third kappa shape index (κ3) is 4.09. The van der Waals surface area contributed by atoms with Crippen molar-refractivity contribution in [3.05, 3.63) is 69.8 Å². The standard InChI is InChI=1S/C15H11F2N3O4/c16-11-4-2-1-3-10(11)15(22)18-8-14(21)19-9-5-6-12(17)13(7-9)20(23)24/h1-7H,8H2,(H,18,22)(H,19,21). The van der Waals surface area contributed by atoms with Gasteiger partial charge in [-0.25, -0.2) is 4.39 Å². The van der Waals surface area contributed by atoms with Gasteiger partial charge in [0.05, 0.1) is 17.0 Å². The maximum Gasteiger partial charge on any atom is 0.306 e. The van der Waals surface area contributed by atoms with Crippen molar-refractivity contribution >= 4 is 23.2 Å². The van der Waals surface area contributed by atoms with Gasteiger partial charge < -0.3 is 10.6 Å². The Morgan fingerprint density at radius 2 is 1.79 bits per heavy atom. The second-order valence-corrected chi connectivity index (χ2v) is 4.63. The summed E-state index contributed by atoms with van der Waals surface area (Å²) in [5, 5.41) is 15.1. The van der Waals surface area contributed by atoms with E-state index in [0.29, 0.717) is 0 Å². The lowest BCUT2D eigenvalue weighted by Gasteiger charge is -2.07. The van der Waals surface area contributed by atoms with E-state index in [1.807, 2.05) is 0 Å². The third-order valence-corrected chi connectivity index (χ3v) is 2.95. The molecule has 0 unspecified atom stereocenters. The van der Waals surface area contributed by atoms with Gasteiger partial charge >= 0.3 is 5.69 Å². The van der Waals surface area contributed by atoms with Crippen LogP contribution in [-0.4, -0.2) is 23.3 Å². The number of hydrogen-bond donors (Lipinski definition) is 2. The van der Waals surface area contributed by atoms with Crippen LogP contribution in [0.25, 0.3) is 0 Å². The summed E-state index contributed by atoms with van der Waals surface area (Å²) < 4.78 is 26.6. The van der Waals surface area contributed by atoms with Crippen LogP contribution >= 0.6 is 0 Å². The minimum absolute atomic E-state index is 0.00626. The molecular formula is C15H11F2N3O4. The Labute approximate surface area is 134 Å².